The van der Waals surface area contributed by atoms with Gasteiger partial charge in [-0.15, -0.1) is 11.6 Å². The average molecular weight is 352 g/mol. The summed E-state index contributed by atoms with van der Waals surface area (Å²) in [4.78, 5) is 4.17. The number of halogens is 4. The van der Waals surface area contributed by atoms with Gasteiger partial charge in [0.15, 0.2) is 11.5 Å². The highest BCUT2D eigenvalue weighted by atomic mass is 35.5. The van der Waals surface area contributed by atoms with Gasteiger partial charge in [0, 0.05) is 25.1 Å². The third-order valence-corrected chi connectivity index (χ3v) is 3.42. The van der Waals surface area contributed by atoms with Crippen LogP contribution in [0.5, 0.6) is 11.5 Å². The summed E-state index contributed by atoms with van der Waals surface area (Å²) in [6.45, 7) is -0.738. The lowest BCUT2D eigenvalue weighted by atomic mass is 10.2. The lowest BCUT2D eigenvalue weighted by Crippen LogP contribution is -2.22. The molecular weight excluding hydrogens is 335 g/mol. The van der Waals surface area contributed by atoms with Crippen LogP contribution in [-0.2, 0) is 7.05 Å². The highest BCUT2D eigenvalue weighted by Gasteiger charge is 2.27. The Kier molecular flexibility index (Phi) is 5.46. The first-order valence-corrected chi connectivity index (χ1v) is 7.43. The predicted molar refractivity (Wildman–Crippen MR) is 82.6 cm³/mol. The summed E-state index contributed by atoms with van der Waals surface area (Å²) in [6.07, 6.45) is -3.64. The number of rotatable bonds is 7. The van der Waals surface area contributed by atoms with Gasteiger partial charge in [-0.25, -0.2) is 4.98 Å². The maximum atomic E-state index is 12.3. The Hall–Kier alpha value is -1.83. The van der Waals surface area contributed by atoms with Crippen LogP contribution in [0.25, 0.3) is 11.0 Å². The van der Waals surface area contributed by atoms with Gasteiger partial charge in [-0.1, -0.05) is 0 Å². The van der Waals surface area contributed by atoms with E-state index in [-0.39, 0.29) is 5.95 Å². The first kappa shape index (κ1) is 17.5. The number of fused-ring (bicyclic) bond motifs is 1. The zero-order chi connectivity index (χ0) is 17.0. The number of aryl methyl sites for hydroxylation is 1. The van der Waals surface area contributed by atoms with Crippen LogP contribution in [0, 0.1) is 0 Å². The molecule has 0 aliphatic heterocycles. The van der Waals surface area contributed by atoms with Crippen LogP contribution in [0.1, 0.15) is 6.42 Å². The molecule has 23 heavy (non-hydrogen) atoms. The SMILES string of the molecule is COc1cc2c(cc1OCCCCl)nc(NCC(F)(F)F)n2C. The molecule has 1 aromatic carbocycles. The summed E-state index contributed by atoms with van der Waals surface area (Å²) in [5, 5.41) is 2.28. The number of alkyl halides is 4. The number of nitrogens with zero attached hydrogens (tertiary/aromatic N) is 2. The Morgan fingerprint density at radius 1 is 1.30 bits per heavy atom. The smallest absolute Gasteiger partial charge is 0.405 e. The molecule has 9 heteroatoms. The van der Waals surface area contributed by atoms with E-state index in [2.05, 4.69) is 10.3 Å². The van der Waals surface area contributed by atoms with Crippen LogP contribution < -0.4 is 14.8 Å². The van der Waals surface area contributed by atoms with Crippen molar-refractivity contribution in [2.45, 2.75) is 12.6 Å². The lowest BCUT2D eigenvalue weighted by Gasteiger charge is -2.11. The van der Waals surface area contributed by atoms with Crippen molar-refractivity contribution in [3.8, 4) is 11.5 Å². The molecule has 0 unspecified atom stereocenters. The number of anilines is 1. The minimum atomic E-state index is -4.31. The summed E-state index contributed by atoms with van der Waals surface area (Å²) in [5.74, 6) is 1.56. The van der Waals surface area contributed by atoms with E-state index < -0.39 is 12.7 Å². The fourth-order valence-electron chi connectivity index (χ4n) is 2.05. The van der Waals surface area contributed by atoms with E-state index in [1.165, 1.54) is 11.7 Å². The Balaban J connectivity index is 2.31. The Morgan fingerprint density at radius 3 is 2.65 bits per heavy atom. The lowest BCUT2D eigenvalue weighted by molar-refractivity contribution is -0.115. The van der Waals surface area contributed by atoms with Crippen molar-refractivity contribution in [2.75, 3.05) is 31.5 Å². The molecule has 0 aliphatic rings. The molecular formula is C14H17ClF3N3O2. The van der Waals surface area contributed by atoms with Gasteiger partial charge in [0.2, 0.25) is 5.95 Å². The van der Waals surface area contributed by atoms with Crippen molar-refractivity contribution in [1.29, 1.82) is 0 Å². The largest absolute Gasteiger partial charge is 0.493 e. The third kappa shape index (κ3) is 4.34. The first-order chi connectivity index (χ1) is 10.9. The van der Waals surface area contributed by atoms with Gasteiger partial charge in [-0.05, 0) is 6.42 Å². The molecule has 0 amide bonds. The minimum absolute atomic E-state index is 0.122. The van der Waals surface area contributed by atoms with E-state index in [4.69, 9.17) is 21.1 Å². The van der Waals surface area contributed by atoms with Crippen LogP contribution in [0.3, 0.4) is 0 Å². The molecule has 0 fully saturated rings. The molecule has 1 aromatic heterocycles. The van der Waals surface area contributed by atoms with Crippen molar-refractivity contribution in [1.82, 2.24) is 9.55 Å². The molecule has 0 bridgehead atoms. The Bertz CT molecular complexity index is 673. The van der Waals surface area contributed by atoms with Crippen LogP contribution in [-0.4, -0.2) is 41.9 Å². The van der Waals surface area contributed by atoms with E-state index in [1.807, 2.05) is 0 Å². The summed E-state index contributed by atoms with van der Waals surface area (Å²) in [5.41, 5.74) is 1.15. The van der Waals surface area contributed by atoms with E-state index in [0.29, 0.717) is 41.4 Å². The zero-order valence-electron chi connectivity index (χ0n) is 12.7. The molecule has 2 aromatic rings. The Morgan fingerprint density at radius 2 is 2.04 bits per heavy atom. The molecule has 1 N–H and O–H groups in total. The molecule has 0 radical (unpaired) electrons. The van der Waals surface area contributed by atoms with E-state index in [0.717, 1.165) is 0 Å². The second-order valence-electron chi connectivity index (χ2n) is 4.85. The number of hydrogen-bond acceptors (Lipinski definition) is 4. The van der Waals surface area contributed by atoms with E-state index >= 15 is 0 Å². The minimum Gasteiger partial charge on any atom is -0.493 e. The topological polar surface area (TPSA) is 48.3 Å². The number of methoxy groups -OCH3 is 1. The van der Waals surface area contributed by atoms with Gasteiger partial charge in [-0.3, -0.25) is 0 Å². The molecule has 2 rings (SSSR count). The second kappa shape index (κ2) is 7.16. The molecule has 1 heterocycles. The maximum absolute atomic E-state index is 12.3. The quantitative estimate of drug-likeness (QED) is 0.612. The van der Waals surface area contributed by atoms with Gasteiger partial charge in [0.1, 0.15) is 6.54 Å². The van der Waals surface area contributed by atoms with Crippen LogP contribution in [0.4, 0.5) is 19.1 Å². The monoisotopic (exact) mass is 351 g/mol. The maximum Gasteiger partial charge on any atom is 0.405 e. The standard InChI is InChI=1S/C14H17ClF3N3O2/c1-21-10-7-11(22-2)12(23-5-3-4-15)6-9(10)20-13(21)19-8-14(16,17)18/h6-7H,3-5,8H2,1-2H3,(H,19,20). The fourth-order valence-corrected chi connectivity index (χ4v) is 2.16. The van der Waals surface area contributed by atoms with Gasteiger partial charge < -0.3 is 19.4 Å². The third-order valence-electron chi connectivity index (χ3n) is 3.15. The number of imidazole rings is 1. The number of hydrogen-bond donors (Lipinski definition) is 1. The summed E-state index contributed by atoms with van der Waals surface area (Å²) in [6, 6.07) is 3.32. The highest BCUT2D eigenvalue weighted by Crippen LogP contribution is 2.33. The average Bonchev–Trinajstić information content (AvgIpc) is 2.80. The number of benzene rings is 1. The molecule has 0 saturated heterocycles. The molecule has 128 valence electrons. The molecule has 5 nitrogen and oxygen atoms in total. The Labute approximate surface area is 136 Å². The number of ether oxygens (including phenoxy) is 2. The molecule has 0 spiro atoms. The molecule has 0 atom stereocenters. The van der Waals surface area contributed by atoms with Crippen molar-refractivity contribution in [3.05, 3.63) is 12.1 Å². The normalized spacial score (nSPS) is 11.7. The van der Waals surface area contributed by atoms with Gasteiger partial charge in [0.05, 0.1) is 24.8 Å². The van der Waals surface area contributed by atoms with Crippen molar-refractivity contribution in [2.24, 2.45) is 7.05 Å². The van der Waals surface area contributed by atoms with Crippen molar-refractivity contribution >= 4 is 28.6 Å². The summed E-state index contributed by atoms with van der Waals surface area (Å²) >= 11 is 5.61. The van der Waals surface area contributed by atoms with Gasteiger partial charge in [-0.2, -0.15) is 13.2 Å². The zero-order valence-corrected chi connectivity index (χ0v) is 13.5. The van der Waals surface area contributed by atoms with Crippen LogP contribution in [0.15, 0.2) is 12.1 Å². The molecule has 0 saturated carbocycles. The predicted octanol–water partition coefficient (Wildman–Crippen LogP) is 3.56. The van der Waals surface area contributed by atoms with E-state index in [9.17, 15) is 13.2 Å². The van der Waals surface area contributed by atoms with Crippen molar-refractivity contribution in [3.63, 3.8) is 0 Å². The fraction of sp³-hybridized carbons (Fsp3) is 0.500. The number of nitrogens with one attached hydrogen (secondary N) is 1. The second-order valence-corrected chi connectivity index (χ2v) is 5.22. The van der Waals surface area contributed by atoms with Gasteiger partial charge >= 0.3 is 6.18 Å². The highest BCUT2D eigenvalue weighted by molar-refractivity contribution is 6.17. The number of aromatic nitrogens is 2. The molecule has 0 aliphatic carbocycles. The summed E-state index contributed by atoms with van der Waals surface area (Å²) in [7, 11) is 3.12. The van der Waals surface area contributed by atoms with Crippen LogP contribution >= 0.6 is 11.6 Å². The van der Waals surface area contributed by atoms with Gasteiger partial charge in [0.25, 0.3) is 0 Å². The van der Waals surface area contributed by atoms with Crippen molar-refractivity contribution < 1.29 is 22.6 Å². The van der Waals surface area contributed by atoms with Crippen LogP contribution in [0.2, 0.25) is 0 Å². The summed E-state index contributed by atoms with van der Waals surface area (Å²) < 4.78 is 49.4. The van der Waals surface area contributed by atoms with E-state index in [1.54, 1.807) is 19.2 Å². The first-order valence-electron chi connectivity index (χ1n) is 6.89.